The van der Waals surface area contributed by atoms with E-state index in [4.69, 9.17) is 16.8 Å². The Morgan fingerprint density at radius 3 is 2.43 bits per heavy atom. The Labute approximate surface area is 123 Å². The zero-order valence-corrected chi connectivity index (χ0v) is 12.0. The van der Waals surface area contributed by atoms with Crippen LogP contribution in [0.1, 0.15) is 5.56 Å². The van der Waals surface area contributed by atoms with Gasteiger partial charge in [-0.05, 0) is 24.3 Å². The largest absolute Gasteiger partial charge is 0.480 e. The average molecular weight is 306 g/mol. The third kappa shape index (κ3) is 5.27. The summed E-state index contributed by atoms with van der Waals surface area (Å²) >= 11 is 0. The van der Waals surface area contributed by atoms with Crippen LogP contribution in [0, 0.1) is 23.7 Å². The first kappa shape index (κ1) is 16.7. The molecule has 7 heteroatoms. The number of hydrogen-bond donors (Lipinski definition) is 1. The number of hydrogen-bond acceptors (Lipinski definition) is 5. The maximum atomic E-state index is 12.1. The highest BCUT2D eigenvalue weighted by Crippen LogP contribution is 2.12. The standard InChI is InChI=1S/C14H14N2O4S/c1-2-7-16(11-14(17)18)8-9-21(19,20)13-5-3-12(10-15)4-6-13/h1,3-6H,7-9,11H2,(H,17,18). The summed E-state index contributed by atoms with van der Waals surface area (Å²) in [6.07, 6.45) is 5.12. The summed E-state index contributed by atoms with van der Waals surface area (Å²) in [6, 6.07) is 7.46. The zero-order valence-electron chi connectivity index (χ0n) is 11.2. The van der Waals surface area contributed by atoms with Crippen molar-refractivity contribution in [1.82, 2.24) is 4.90 Å². The van der Waals surface area contributed by atoms with Crippen LogP contribution in [0.3, 0.4) is 0 Å². The van der Waals surface area contributed by atoms with E-state index in [0.717, 1.165) is 0 Å². The lowest BCUT2D eigenvalue weighted by atomic mass is 10.2. The molecule has 1 rings (SSSR count). The third-order valence-corrected chi connectivity index (χ3v) is 4.40. The van der Waals surface area contributed by atoms with Gasteiger partial charge in [0.1, 0.15) is 0 Å². The highest BCUT2D eigenvalue weighted by molar-refractivity contribution is 7.91. The van der Waals surface area contributed by atoms with Crippen molar-refractivity contribution < 1.29 is 18.3 Å². The lowest BCUT2D eigenvalue weighted by molar-refractivity contribution is -0.138. The van der Waals surface area contributed by atoms with Crippen molar-refractivity contribution in [3.63, 3.8) is 0 Å². The second-order valence-electron chi connectivity index (χ2n) is 4.26. The number of benzene rings is 1. The number of sulfone groups is 1. The fraction of sp³-hybridized carbons (Fsp3) is 0.286. The first-order chi connectivity index (χ1) is 9.89. The maximum Gasteiger partial charge on any atom is 0.317 e. The van der Waals surface area contributed by atoms with Crippen LogP contribution in [0.5, 0.6) is 0 Å². The molecule has 0 bridgehead atoms. The minimum atomic E-state index is -3.55. The van der Waals surface area contributed by atoms with E-state index >= 15 is 0 Å². The summed E-state index contributed by atoms with van der Waals surface area (Å²) in [5.74, 6) is 0.985. The van der Waals surface area contributed by atoms with E-state index in [0.29, 0.717) is 5.56 Å². The molecule has 0 aliphatic heterocycles. The van der Waals surface area contributed by atoms with Crippen LogP contribution in [0.15, 0.2) is 29.2 Å². The third-order valence-electron chi connectivity index (χ3n) is 2.69. The normalized spacial score (nSPS) is 10.8. The number of nitrogens with zero attached hydrogens (tertiary/aromatic N) is 2. The Morgan fingerprint density at radius 2 is 1.95 bits per heavy atom. The minimum Gasteiger partial charge on any atom is -0.480 e. The van der Waals surface area contributed by atoms with Crippen LogP contribution in [-0.4, -0.2) is 49.8 Å². The summed E-state index contributed by atoms with van der Waals surface area (Å²) in [5.41, 5.74) is 0.369. The number of rotatable bonds is 7. The molecule has 0 saturated carbocycles. The van der Waals surface area contributed by atoms with Crippen molar-refractivity contribution in [2.24, 2.45) is 0 Å². The predicted molar refractivity (Wildman–Crippen MR) is 76.1 cm³/mol. The molecular formula is C14H14N2O4S. The number of terminal acetylenes is 1. The number of carbonyl (C=O) groups is 1. The van der Waals surface area contributed by atoms with Crippen molar-refractivity contribution in [2.75, 3.05) is 25.4 Å². The van der Waals surface area contributed by atoms with Crippen molar-refractivity contribution >= 4 is 15.8 Å². The molecule has 0 spiro atoms. The molecule has 1 aromatic rings. The fourth-order valence-electron chi connectivity index (χ4n) is 1.64. The number of carboxylic acids is 1. The van der Waals surface area contributed by atoms with Crippen molar-refractivity contribution in [3.8, 4) is 18.4 Å². The number of carboxylic acid groups (broad SMARTS) is 1. The van der Waals surface area contributed by atoms with Gasteiger partial charge in [-0.2, -0.15) is 5.26 Å². The van der Waals surface area contributed by atoms with Crippen LogP contribution < -0.4 is 0 Å². The van der Waals surface area contributed by atoms with Gasteiger partial charge in [-0.25, -0.2) is 8.42 Å². The molecular weight excluding hydrogens is 292 g/mol. The van der Waals surface area contributed by atoms with Crippen molar-refractivity contribution in [3.05, 3.63) is 29.8 Å². The van der Waals surface area contributed by atoms with E-state index in [-0.39, 0.29) is 30.3 Å². The van der Waals surface area contributed by atoms with Gasteiger partial charge in [0, 0.05) is 6.54 Å². The molecule has 1 aromatic carbocycles. The Hall–Kier alpha value is -2.35. The Bertz CT molecular complexity index is 681. The zero-order chi connectivity index (χ0) is 15.9. The Morgan fingerprint density at radius 1 is 1.33 bits per heavy atom. The van der Waals surface area contributed by atoms with Gasteiger partial charge in [0.25, 0.3) is 0 Å². The van der Waals surface area contributed by atoms with Gasteiger partial charge >= 0.3 is 5.97 Å². The molecule has 0 heterocycles. The van der Waals surface area contributed by atoms with Gasteiger partial charge in [-0.15, -0.1) is 6.42 Å². The molecule has 0 radical (unpaired) electrons. The van der Waals surface area contributed by atoms with Gasteiger partial charge in [0.05, 0.1) is 35.4 Å². The SMILES string of the molecule is C#CCN(CCS(=O)(=O)c1ccc(C#N)cc1)CC(=O)O. The number of aliphatic carboxylic acids is 1. The van der Waals surface area contributed by atoms with Gasteiger partial charge in [-0.1, -0.05) is 5.92 Å². The van der Waals surface area contributed by atoms with Crippen molar-refractivity contribution in [2.45, 2.75) is 4.90 Å². The van der Waals surface area contributed by atoms with Gasteiger partial charge < -0.3 is 5.11 Å². The molecule has 0 unspecified atom stereocenters. The van der Waals surface area contributed by atoms with Gasteiger partial charge in [-0.3, -0.25) is 9.69 Å². The number of nitriles is 1. The van der Waals surface area contributed by atoms with E-state index in [1.807, 2.05) is 6.07 Å². The molecule has 0 aliphatic carbocycles. The molecule has 6 nitrogen and oxygen atoms in total. The highest BCUT2D eigenvalue weighted by Gasteiger charge is 2.17. The maximum absolute atomic E-state index is 12.1. The lowest BCUT2D eigenvalue weighted by Gasteiger charge is -2.17. The molecule has 0 fully saturated rings. The topological polar surface area (TPSA) is 98.5 Å². The molecule has 0 aliphatic rings. The summed E-state index contributed by atoms with van der Waals surface area (Å²) in [6.45, 7) is -0.221. The Kier molecular flexibility index (Phi) is 5.92. The first-order valence-electron chi connectivity index (χ1n) is 5.99. The van der Waals surface area contributed by atoms with Crippen LogP contribution in [-0.2, 0) is 14.6 Å². The van der Waals surface area contributed by atoms with Crippen LogP contribution >= 0.6 is 0 Å². The Balaban J connectivity index is 2.77. The van der Waals surface area contributed by atoms with Crippen LogP contribution in [0.25, 0.3) is 0 Å². The van der Waals surface area contributed by atoms with Gasteiger partial charge in [0.15, 0.2) is 9.84 Å². The van der Waals surface area contributed by atoms with Crippen LogP contribution in [0.4, 0.5) is 0 Å². The highest BCUT2D eigenvalue weighted by atomic mass is 32.2. The van der Waals surface area contributed by atoms with E-state index < -0.39 is 15.8 Å². The van der Waals surface area contributed by atoms with E-state index in [1.165, 1.54) is 29.2 Å². The molecule has 0 amide bonds. The summed E-state index contributed by atoms with van der Waals surface area (Å²) in [7, 11) is -3.55. The van der Waals surface area contributed by atoms with E-state index in [9.17, 15) is 13.2 Å². The molecule has 110 valence electrons. The second kappa shape index (κ2) is 7.44. The summed E-state index contributed by atoms with van der Waals surface area (Å²) in [4.78, 5) is 12.1. The molecule has 0 saturated heterocycles. The summed E-state index contributed by atoms with van der Waals surface area (Å²) < 4.78 is 24.2. The first-order valence-corrected chi connectivity index (χ1v) is 7.65. The second-order valence-corrected chi connectivity index (χ2v) is 6.37. The minimum absolute atomic E-state index is 0.0266. The molecule has 0 atom stereocenters. The predicted octanol–water partition coefficient (Wildman–Crippen LogP) is 0.352. The van der Waals surface area contributed by atoms with E-state index in [1.54, 1.807) is 0 Å². The molecule has 21 heavy (non-hydrogen) atoms. The molecule has 0 aromatic heterocycles. The van der Waals surface area contributed by atoms with Crippen molar-refractivity contribution in [1.29, 1.82) is 5.26 Å². The average Bonchev–Trinajstić information content (AvgIpc) is 2.45. The van der Waals surface area contributed by atoms with E-state index in [2.05, 4.69) is 5.92 Å². The fourth-order valence-corrected chi connectivity index (χ4v) is 2.92. The monoisotopic (exact) mass is 306 g/mol. The van der Waals surface area contributed by atoms with Gasteiger partial charge in [0.2, 0.25) is 0 Å². The van der Waals surface area contributed by atoms with Crippen LogP contribution in [0.2, 0.25) is 0 Å². The molecule has 1 N–H and O–H groups in total. The lowest BCUT2D eigenvalue weighted by Crippen LogP contribution is -2.34. The quantitative estimate of drug-likeness (QED) is 0.730. The summed E-state index contributed by atoms with van der Waals surface area (Å²) in [5, 5.41) is 17.4. The smallest absolute Gasteiger partial charge is 0.317 e.